The van der Waals surface area contributed by atoms with Gasteiger partial charge in [0.15, 0.2) is 0 Å². The Hall–Kier alpha value is -2.09. The van der Waals surface area contributed by atoms with Gasteiger partial charge in [-0.05, 0) is 12.1 Å². The van der Waals surface area contributed by atoms with E-state index in [9.17, 15) is 18.8 Å². The van der Waals surface area contributed by atoms with Crippen LogP contribution in [0.5, 0.6) is 0 Å². The van der Waals surface area contributed by atoms with Crippen molar-refractivity contribution in [1.29, 1.82) is 0 Å². The van der Waals surface area contributed by atoms with Crippen LogP contribution in [0, 0.1) is 5.82 Å². The molecule has 1 aromatic carbocycles. The Kier molecular flexibility index (Phi) is 6.67. The molecule has 21 heavy (non-hydrogen) atoms. The molecule has 0 heterocycles. The second-order valence-electron chi connectivity index (χ2n) is 4.07. The quantitative estimate of drug-likeness (QED) is 0.702. The SMILES string of the molecule is O=C(O)CN(CC(=O)O)C(=O)CCSc1ccccc1F. The lowest BCUT2D eigenvalue weighted by Crippen LogP contribution is -2.39. The van der Waals surface area contributed by atoms with Crippen LogP contribution in [0.15, 0.2) is 29.2 Å². The van der Waals surface area contributed by atoms with Crippen LogP contribution in [0.1, 0.15) is 6.42 Å². The summed E-state index contributed by atoms with van der Waals surface area (Å²) in [5.74, 6) is -3.33. The predicted molar refractivity (Wildman–Crippen MR) is 73.6 cm³/mol. The molecule has 0 atom stereocenters. The molecular weight excluding hydrogens is 301 g/mol. The maximum absolute atomic E-state index is 13.3. The van der Waals surface area contributed by atoms with Gasteiger partial charge in [-0.3, -0.25) is 14.4 Å². The second-order valence-corrected chi connectivity index (χ2v) is 5.20. The molecule has 8 heteroatoms. The summed E-state index contributed by atoms with van der Waals surface area (Å²) in [6, 6.07) is 6.07. The summed E-state index contributed by atoms with van der Waals surface area (Å²) in [6.45, 7) is -1.34. The predicted octanol–water partition coefficient (Wildman–Crippen LogP) is 1.31. The van der Waals surface area contributed by atoms with E-state index in [0.29, 0.717) is 4.90 Å². The number of carboxylic acid groups (broad SMARTS) is 2. The molecule has 1 amide bonds. The zero-order valence-corrected chi connectivity index (χ0v) is 11.8. The van der Waals surface area contributed by atoms with Gasteiger partial charge in [-0.1, -0.05) is 12.1 Å². The van der Waals surface area contributed by atoms with E-state index >= 15 is 0 Å². The minimum absolute atomic E-state index is 0.0699. The molecule has 0 aromatic heterocycles. The van der Waals surface area contributed by atoms with Crippen LogP contribution in [0.25, 0.3) is 0 Å². The van der Waals surface area contributed by atoms with Gasteiger partial charge in [0.05, 0.1) is 0 Å². The van der Waals surface area contributed by atoms with Gasteiger partial charge in [0.1, 0.15) is 18.9 Å². The third kappa shape index (κ3) is 6.26. The third-order valence-electron chi connectivity index (χ3n) is 2.42. The number of carbonyl (C=O) groups excluding carboxylic acids is 1. The number of thioether (sulfide) groups is 1. The Labute approximate surface area is 124 Å². The van der Waals surface area contributed by atoms with Crippen molar-refractivity contribution in [1.82, 2.24) is 4.90 Å². The van der Waals surface area contributed by atoms with Crippen molar-refractivity contribution in [2.75, 3.05) is 18.8 Å². The van der Waals surface area contributed by atoms with Crippen molar-refractivity contribution in [2.24, 2.45) is 0 Å². The molecule has 0 fully saturated rings. The van der Waals surface area contributed by atoms with Gasteiger partial charge in [0.25, 0.3) is 0 Å². The largest absolute Gasteiger partial charge is 0.480 e. The van der Waals surface area contributed by atoms with E-state index in [4.69, 9.17) is 10.2 Å². The number of amides is 1. The van der Waals surface area contributed by atoms with E-state index in [2.05, 4.69) is 0 Å². The first-order valence-corrected chi connectivity index (χ1v) is 6.97. The third-order valence-corrected chi connectivity index (χ3v) is 3.47. The summed E-state index contributed by atoms with van der Waals surface area (Å²) in [7, 11) is 0. The average molecular weight is 315 g/mol. The molecule has 0 aliphatic carbocycles. The number of benzene rings is 1. The van der Waals surface area contributed by atoms with Crippen LogP contribution >= 0.6 is 11.8 Å². The summed E-state index contributed by atoms with van der Waals surface area (Å²) in [4.78, 5) is 34.1. The molecule has 0 bridgehead atoms. The number of halogens is 1. The average Bonchev–Trinajstić information content (AvgIpc) is 2.39. The number of rotatable bonds is 8. The fourth-order valence-corrected chi connectivity index (χ4v) is 2.40. The highest BCUT2D eigenvalue weighted by Gasteiger charge is 2.19. The van der Waals surface area contributed by atoms with E-state index in [1.54, 1.807) is 18.2 Å². The molecule has 1 aromatic rings. The maximum Gasteiger partial charge on any atom is 0.323 e. The number of carboxylic acids is 2. The van der Waals surface area contributed by atoms with Crippen LogP contribution in [-0.4, -0.2) is 51.8 Å². The van der Waals surface area contributed by atoms with Gasteiger partial charge in [0.2, 0.25) is 5.91 Å². The number of aliphatic carboxylic acids is 2. The van der Waals surface area contributed by atoms with Gasteiger partial charge in [-0.25, -0.2) is 4.39 Å². The van der Waals surface area contributed by atoms with Crippen LogP contribution in [0.3, 0.4) is 0 Å². The summed E-state index contributed by atoms with van der Waals surface area (Å²) >= 11 is 1.11. The standard InChI is InChI=1S/C13H14FNO5S/c14-9-3-1-2-4-10(9)21-6-5-11(16)15(7-12(17)18)8-13(19)20/h1-4H,5-8H2,(H,17,18)(H,19,20). The summed E-state index contributed by atoms with van der Waals surface area (Å²) < 4.78 is 13.3. The fraction of sp³-hybridized carbons (Fsp3) is 0.308. The minimum Gasteiger partial charge on any atom is -0.480 e. The number of hydrogen-bond acceptors (Lipinski definition) is 4. The molecule has 0 radical (unpaired) electrons. The molecule has 0 aliphatic rings. The van der Waals surface area contributed by atoms with E-state index < -0.39 is 36.8 Å². The molecule has 6 nitrogen and oxygen atoms in total. The Morgan fingerprint density at radius 3 is 2.19 bits per heavy atom. The Morgan fingerprint density at radius 1 is 1.10 bits per heavy atom. The molecule has 0 saturated heterocycles. The van der Waals surface area contributed by atoms with Crippen molar-refractivity contribution >= 4 is 29.6 Å². The molecular formula is C13H14FNO5S. The zero-order chi connectivity index (χ0) is 15.8. The van der Waals surface area contributed by atoms with Crippen molar-refractivity contribution in [2.45, 2.75) is 11.3 Å². The zero-order valence-electron chi connectivity index (χ0n) is 11.0. The van der Waals surface area contributed by atoms with E-state index in [0.717, 1.165) is 16.7 Å². The molecule has 0 saturated carbocycles. The lowest BCUT2D eigenvalue weighted by atomic mass is 10.3. The second kappa shape index (κ2) is 8.25. The lowest BCUT2D eigenvalue weighted by molar-refractivity contribution is -0.149. The first-order valence-electron chi connectivity index (χ1n) is 5.99. The van der Waals surface area contributed by atoms with Gasteiger partial charge >= 0.3 is 11.9 Å². The van der Waals surface area contributed by atoms with Gasteiger partial charge < -0.3 is 15.1 Å². The Balaban J connectivity index is 2.51. The smallest absolute Gasteiger partial charge is 0.323 e. The monoisotopic (exact) mass is 315 g/mol. The number of hydrogen-bond donors (Lipinski definition) is 2. The van der Waals surface area contributed by atoms with E-state index in [1.165, 1.54) is 6.07 Å². The normalized spacial score (nSPS) is 10.1. The van der Waals surface area contributed by atoms with Crippen molar-refractivity contribution < 1.29 is 29.0 Å². The van der Waals surface area contributed by atoms with Crippen LogP contribution < -0.4 is 0 Å². The van der Waals surface area contributed by atoms with Crippen molar-refractivity contribution in [3.05, 3.63) is 30.1 Å². The van der Waals surface area contributed by atoms with Crippen molar-refractivity contribution in [3.8, 4) is 0 Å². The highest BCUT2D eigenvalue weighted by molar-refractivity contribution is 7.99. The molecule has 1 rings (SSSR count). The molecule has 114 valence electrons. The molecule has 0 aliphatic heterocycles. The first-order chi connectivity index (χ1) is 9.90. The minimum atomic E-state index is -1.29. The lowest BCUT2D eigenvalue weighted by Gasteiger charge is -2.18. The molecule has 0 spiro atoms. The van der Waals surface area contributed by atoms with Crippen molar-refractivity contribution in [3.63, 3.8) is 0 Å². The molecule has 2 N–H and O–H groups in total. The Morgan fingerprint density at radius 2 is 1.67 bits per heavy atom. The van der Waals surface area contributed by atoms with Crippen LogP contribution in [-0.2, 0) is 14.4 Å². The highest BCUT2D eigenvalue weighted by Crippen LogP contribution is 2.21. The summed E-state index contributed by atoms with van der Waals surface area (Å²) in [5, 5.41) is 17.3. The number of nitrogens with zero attached hydrogens (tertiary/aromatic N) is 1. The topological polar surface area (TPSA) is 94.9 Å². The fourth-order valence-electron chi connectivity index (χ4n) is 1.53. The summed E-state index contributed by atoms with van der Waals surface area (Å²) in [6.07, 6.45) is -0.0699. The summed E-state index contributed by atoms with van der Waals surface area (Å²) in [5.41, 5.74) is 0. The van der Waals surface area contributed by atoms with Gasteiger partial charge in [0, 0.05) is 17.1 Å². The number of carbonyl (C=O) groups is 3. The van der Waals surface area contributed by atoms with Crippen LogP contribution in [0.2, 0.25) is 0 Å². The first kappa shape index (κ1) is 17.0. The molecule has 0 unspecified atom stereocenters. The van der Waals surface area contributed by atoms with E-state index in [-0.39, 0.29) is 12.2 Å². The Bertz CT molecular complexity index is 521. The maximum atomic E-state index is 13.3. The van der Waals surface area contributed by atoms with Crippen LogP contribution in [0.4, 0.5) is 4.39 Å². The van der Waals surface area contributed by atoms with E-state index in [1.807, 2.05) is 0 Å². The van der Waals surface area contributed by atoms with Gasteiger partial charge in [-0.15, -0.1) is 11.8 Å². The highest BCUT2D eigenvalue weighted by atomic mass is 32.2. The van der Waals surface area contributed by atoms with Gasteiger partial charge in [-0.2, -0.15) is 0 Å².